The molecule has 5 heteroatoms. The van der Waals surface area contributed by atoms with E-state index in [0.717, 1.165) is 12.8 Å². The minimum atomic E-state index is -0.379. The molecule has 4 atom stereocenters. The van der Waals surface area contributed by atoms with Gasteiger partial charge in [0.1, 0.15) is 0 Å². The molecule has 3 rings (SSSR count). The summed E-state index contributed by atoms with van der Waals surface area (Å²) < 4.78 is 0. The Bertz CT molecular complexity index is 548. The van der Waals surface area contributed by atoms with E-state index in [1.54, 1.807) is 0 Å². The van der Waals surface area contributed by atoms with E-state index in [-0.39, 0.29) is 33.9 Å². The van der Waals surface area contributed by atoms with Crippen LogP contribution in [-0.2, 0) is 9.59 Å². The van der Waals surface area contributed by atoms with Gasteiger partial charge in [0.25, 0.3) is 0 Å². The van der Waals surface area contributed by atoms with Crippen molar-refractivity contribution in [2.75, 3.05) is 0 Å². The lowest BCUT2D eigenvalue weighted by molar-refractivity contribution is -0.132. The molecular weight excluding hydrogens is 320 g/mol. The van der Waals surface area contributed by atoms with Crippen LogP contribution in [0.25, 0.3) is 0 Å². The van der Waals surface area contributed by atoms with Gasteiger partial charge >= 0.3 is 0 Å². The molecule has 2 N–H and O–H groups in total. The Hall–Kier alpha value is -1.36. The molecule has 0 aromatic heterocycles. The van der Waals surface area contributed by atoms with E-state index in [2.05, 4.69) is 26.8 Å². The zero-order chi connectivity index (χ0) is 14.3. The van der Waals surface area contributed by atoms with Crippen molar-refractivity contribution in [3.8, 4) is 0 Å². The van der Waals surface area contributed by atoms with Crippen LogP contribution in [0.15, 0.2) is 30.3 Å². The summed E-state index contributed by atoms with van der Waals surface area (Å²) in [6.07, 6.45) is 1.66. The van der Waals surface area contributed by atoms with Gasteiger partial charge in [-0.05, 0) is 31.2 Å². The van der Waals surface area contributed by atoms with Crippen LogP contribution in [0.3, 0.4) is 0 Å². The zero-order valence-corrected chi connectivity index (χ0v) is 12.8. The first-order valence-corrected chi connectivity index (χ1v) is 7.73. The fourth-order valence-electron chi connectivity index (χ4n) is 2.46. The van der Waals surface area contributed by atoms with E-state index < -0.39 is 0 Å². The first kappa shape index (κ1) is 13.6. The smallest absolute Gasteiger partial charge is 0.245 e. The third-order valence-electron chi connectivity index (χ3n) is 4.31. The van der Waals surface area contributed by atoms with Crippen molar-refractivity contribution < 1.29 is 9.59 Å². The molecule has 20 heavy (non-hydrogen) atoms. The van der Waals surface area contributed by atoms with Crippen molar-refractivity contribution in [1.82, 2.24) is 10.9 Å². The molecule has 0 aliphatic heterocycles. The van der Waals surface area contributed by atoms with Gasteiger partial charge in [0.05, 0.1) is 5.41 Å². The van der Waals surface area contributed by atoms with E-state index in [4.69, 9.17) is 0 Å². The molecule has 1 aromatic rings. The standard InChI is InChI=1S/C15H17BrN2O2/c1-15(8-12(15)16)14(20)18-17-13(19)11-7-10(11)9-5-3-2-4-6-9/h2-6,10-12H,7-8H2,1H3,(H,17,19)(H,18,20)/t10-,11+,12+,15-/m1/s1. The zero-order valence-electron chi connectivity index (χ0n) is 11.2. The fraction of sp³-hybridized carbons (Fsp3) is 0.467. The van der Waals surface area contributed by atoms with Crippen LogP contribution in [0.5, 0.6) is 0 Å². The van der Waals surface area contributed by atoms with Gasteiger partial charge in [-0.1, -0.05) is 46.3 Å². The lowest BCUT2D eigenvalue weighted by atomic mass is 10.1. The van der Waals surface area contributed by atoms with Crippen LogP contribution in [0.2, 0.25) is 0 Å². The number of halogens is 1. The molecule has 2 saturated carbocycles. The predicted octanol–water partition coefficient (Wildman–Crippen LogP) is 2.11. The van der Waals surface area contributed by atoms with Crippen molar-refractivity contribution in [2.24, 2.45) is 11.3 Å². The number of benzene rings is 1. The minimum absolute atomic E-state index is 0.0236. The number of alkyl halides is 1. The second-order valence-corrected chi connectivity index (χ2v) is 7.00. The Morgan fingerprint density at radius 3 is 2.50 bits per heavy atom. The van der Waals surface area contributed by atoms with Crippen molar-refractivity contribution in [3.05, 3.63) is 35.9 Å². The first-order valence-electron chi connectivity index (χ1n) is 6.81. The maximum Gasteiger partial charge on any atom is 0.245 e. The number of rotatable bonds is 3. The van der Waals surface area contributed by atoms with Crippen molar-refractivity contribution in [2.45, 2.75) is 30.5 Å². The lowest BCUT2D eigenvalue weighted by Crippen LogP contribution is -2.46. The van der Waals surface area contributed by atoms with Gasteiger partial charge in [0, 0.05) is 10.7 Å². The normalized spacial score (nSPS) is 34.2. The Balaban J connectivity index is 1.49. The van der Waals surface area contributed by atoms with Crippen LogP contribution in [0.1, 0.15) is 31.2 Å². The molecule has 2 fully saturated rings. The van der Waals surface area contributed by atoms with Crippen molar-refractivity contribution in [3.63, 3.8) is 0 Å². The van der Waals surface area contributed by atoms with Crippen molar-refractivity contribution >= 4 is 27.7 Å². The minimum Gasteiger partial charge on any atom is -0.273 e. The number of nitrogens with one attached hydrogen (secondary N) is 2. The Morgan fingerprint density at radius 1 is 1.25 bits per heavy atom. The summed E-state index contributed by atoms with van der Waals surface area (Å²) in [6.45, 7) is 1.89. The average Bonchev–Trinajstić information content (AvgIpc) is 3.35. The molecule has 0 heterocycles. The third-order valence-corrected chi connectivity index (χ3v) is 5.64. The molecular formula is C15H17BrN2O2. The van der Waals surface area contributed by atoms with E-state index in [1.165, 1.54) is 5.56 Å². The quantitative estimate of drug-likeness (QED) is 0.656. The number of hydrogen-bond donors (Lipinski definition) is 2. The van der Waals surface area contributed by atoms with Crippen LogP contribution in [0.4, 0.5) is 0 Å². The lowest BCUT2D eigenvalue weighted by Gasteiger charge is -2.11. The second-order valence-electron chi connectivity index (χ2n) is 5.89. The molecule has 2 aliphatic carbocycles. The molecule has 0 spiro atoms. The van der Waals surface area contributed by atoms with E-state index in [9.17, 15) is 9.59 Å². The summed E-state index contributed by atoms with van der Waals surface area (Å²) >= 11 is 3.42. The summed E-state index contributed by atoms with van der Waals surface area (Å²) in [5.41, 5.74) is 5.90. The van der Waals surface area contributed by atoms with Gasteiger partial charge in [-0.3, -0.25) is 20.4 Å². The van der Waals surface area contributed by atoms with Gasteiger partial charge in [-0.15, -0.1) is 0 Å². The molecule has 2 amide bonds. The Kier molecular flexibility index (Phi) is 3.32. The molecule has 4 nitrogen and oxygen atoms in total. The topological polar surface area (TPSA) is 58.2 Å². The highest BCUT2D eigenvalue weighted by Crippen LogP contribution is 2.51. The van der Waals surface area contributed by atoms with Crippen LogP contribution in [0, 0.1) is 11.3 Å². The summed E-state index contributed by atoms with van der Waals surface area (Å²) in [5.74, 6) is 0.0465. The molecule has 0 bridgehead atoms. The Labute approximate surface area is 126 Å². The molecule has 2 aliphatic rings. The SMILES string of the molecule is C[C@@]1(C(=O)NNC(=O)[C@H]2C[C@@H]2c2ccccc2)C[C@@H]1Br. The maximum absolute atomic E-state index is 12.0. The molecule has 106 valence electrons. The van der Waals surface area contributed by atoms with Crippen molar-refractivity contribution in [1.29, 1.82) is 0 Å². The highest BCUT2D eigenvalue weighted by Gasteiger charge is 2.55. The summed E-state index contributed by atoms with van der Waals surface area (Å²) in [7, 11) is 0. The highest BCUT2D eigenvalue weighted by atomic mass is 79.9. The second kappa shape index (κ2) is 4.88. The van der Waals surface area contributed by atoms with Gasteiger partial charge in [-0.2, -0.15) is 0 Å². The van der Waals surface area contributed by atoms with E-state index >= 15 is 0 Å². The number of amides is 2. The number of carbonyl (C=O) groups excluding carboxylic acids is 2. The van der Waals surface area contributed by atoms with Gasteiger partial charge in [0.15, 0.2) is 0 Å². The van der Waals surface area contributed by atoms with Gasteiger partial charge in [0.2, 0.25) is 11.8 Å². The van der Waals surface area contributed by atoms with Crippen LogP contribution in [-0.4, -0.2) is 16.6 Å². The summed E-state index contributed by atoms with van der Waals surface area (Å²) in [6, 6.07) is 10.0. The summed E-state index contributed by atoms with van der Waals surface area (Å²) in [5, 5.41) is 0. The molecule has 0 unspecified atom stereocenters. The largest absolute Gasteiger partial charge is 0.273 e. The molecule has 0 saturated heterocycles. The van der Waals surface area contributed by atoms with Crippen LogP contribution < -0.4 is 10.9 Å². The fourth-order valence-corrected chi connectivity index (χ4v) is 3.34. The number of carbonyl (C=O) groups is 2. The summed E-state index contributed by atoms with van der Waals surface area (Å²) in [4.78, 5) is 24.1. The average molecular weight is 337 g/mol. The first-order chi connectivity index (χ1) is 9.52. The number of hydrazine groups is 1. The predicted molar refractivity (Wildman–Crippen MR) is 79.0 cm³/mol. The number of hydrogen-bond acceptors (Lipinski definition) is 2. The van der Waals surface area contributed by atoms with Gasteiger partial charge in [-0.25, -0.2) is 0 Å². The van der Waals surface area contributed by atoms with E-state index in [0.29, 0.717) is 0 Å². The molecule has 1 aromatic carbocycles. The monoisotopic (exact) mass is 336 g/mol. The third kappa shape index (κ3) is 2.46. The van der Waals surface area contributed by atoms with Crippen LogP contribution >= 0.6 is 15.9 Å². The highest BCUT2D eigenvalue weighted by molar-refractivity contribution is 9.09. The van der Waals surface area contributed by atoms with E-state index in [1.807, 2.05) is 37.3 Å². The Morgan fingerprint density at radius 2 is 1.90 bits per heavy atom. The molecule has 0 radical (unpaired) electrons. The maximum atomic E-state index is 12.0. The van der Waals surface area contributed by atoms with Gasteiger partial charge < -0.3 is 0 Å².